The number of nitrogens with one attached hydrogen (secondary N) is 1. The van der Waals surface area contributed by atoms with Crippen molar-refractivity contribution in [1.82, 2.24) is 14.9 Å². The quantitative estimate of drug-likeness (QED) is 0.856. The van der Waals surface area contributed by atoms with E-state index in [4.69, 9.17) is 0 Å². The summed E-state index contributed by atoms with van der Waals surface area (Å²) in [6.45, 7) is 3.39. The van der Waals surface area contributed by atoms with Crippen molar-refractivity contribution in [1.29, 1.82) is 0 Å². The summed E-state index contributed by atoms with van der Waals surface area (Å²) in [5, 5.41) is 2.92. The van der Waals surface area contributed by atoms with E-state index in [1.807, 2.05) is 11.8 Å². The number of hydrogen-bond acceptors (Lipinski definition) is 4. The molecule has 1 N–H and O–H groups in total. The second kappa shape index (κ2) is 5.12. The minimum Gasteiger partial charge on any atom is -0.372 e. The van der Waals surface area contributed by atoms with E-state index in [-0.39, 0.29) is 11.8 Å². The number of anilines is 1. The lowest BCUT2D eigenvalue weighted by Crippen LogP contribution is -2.39. The van der Waals surface area contributed by atoms with Gasteiger partial charge in [0.15, 0.2) is 0 Å². The summed E-state index contributed by atoms with van der Waals surface area (Å²) in [7, 11) is 1.81. The number of piperidine rings is 1. The molecule has 1 aromatic heterocycles. The molecule has 1 unspecified atom stereocenters. The highest BCUT2D eigenvalue weighted by Crippen LogP contribution is 2.18. The molecule has 17 heavy (non-hydrogen) atoms. The minimum atomic E-state index is 0.147. The Hall–Kier alpha value is -1.65. The molecule has 1 aliphatic rings. The van der Waals surface area contributed by atoms with E-state index in [9.17, 15) is 4.79 Å². The molecule has 0 aliphatic carbocycles. The first-order valence-corrected chi connectivity index (χ1v) is 5.98. The topological polar surface area (TPSA) is 58.1 Å². The maximum atomic E-state index is 11.9. The van der Waals surface area contributed by atoms with Crippen LogP contribution in [-0.4, -0.2) is 34.4 Å². The maximum absolute atomic E-state index is 11.9. The number of likely N-dealkylation sites (tertiary alicyclic amines) is 1. The molecular weight excluding hydrogens is 216 g/mol. The van der Waals surface area contributed by atoms with Crippen molar-refractivity contribution in [2.45, 2.75) is 26.3 Å². The van der Waals surface area contributed by atoms with E-state index >= 15 is 0 Å². The Morgan fingerprint density at radius 1 is 1.47 bits per heavy atom. The molecule has 1 saturated heterocycles. The molecule has 92 valence electrons. The number of carbonyl (C=O) groups is 1. The highest BCUT2D eigenvalue weighted by atomic mass is 16.2. The molecule has 0 aromatic carbocycles. The number of rotatable bonds is 3. The van der Waals surface area contributed by atoms with Crippen molar-refractivity contribution in [2.75, 3.05) is 18.9 Å². The molecule has 0 bridgehead atoms. The molecular formula is C12H18N4O. The summed E-state index contributed by atoms with van der Waals surface area (Å²) in [6.07, 6.45) is 5.49. The molecule has 1 fully saturated rings. The van der Waals surface area contributed by atoms with Gasteiger partial charge in [0.2, 0.25) is 5.91 Å². The van der Waals surface area contributed by atoms with Gasteiger partial charge in [-0.3, -0.25) is 9.78 Å². The first-order valence-electron chi connectivity index (χ1n) is 5.98. The molecule has 1 aliphatic heterocycles. The zero-order valence-electron chi connectivity index (χ0n) is 10.3. The Balaban J connectivity index is 2.01. The molecule has 2 rings (SSSR count). The van der Waals surface area contributed by atoms with Crippen LogP contribution in [0.15, 0.2) is 12.4 Å². The first-order chi connectivity index (χ1) is 8.20. The lowest BCUT2D eigenvalue weighted by Gasteiger charge is -2.30. The summed E-state index contributed by atoms with van der Waals surface area (Å²) in [6, 6.07) is 0. The van der Waals surface area contributed by atoms with Crippen LogP contribution in [0.4, 0.5) is 5.82 Å². The zero-order chi connectivity index (χ0) is 12.3. The van der Waals surface area contributed by atoms with E-state index in [0.29, 0.717) is 6.54 Å². The van der Waals surface area contributed by atoms with Crippen molar-refractivity contribution in [2.24, 2.45) is 5.92 Å². The van der Waals surface area contributed by atoms with E-state index < -0.39 is 0 Å². The molecule has 0 spiro atoms. The fourth-order valence-electron chi connectivity index (χ4n) is 2.05. The van der Waals surface area contributed by atoms with Crippen LogP contribution in [-0.2, 0) is 11.3 Å². The van der Waals surface area contributed by atoms with E-state index in [0.717, 1.165) is 30.9 Å². The Kier molecular flexibility index (Phi) is 3.56. The largest absolute Gasteiger partial charge is 0.372 e. The summed E-state index contributed by atoms with van der Waals surface area (Å²) in [4.78, 5) is 22.3. The van der Waals surface area contributed by atoms with Crippen LogP contribution in [0.25, 0.3) is 0 Å². The molecule has 0 radical (unpaired) electrons. The number of hydrogen-bond donors (Lipinski definition) is 1. The van der Waals surface area contributed by atoms with Gasteiger partial charge in [-0.2, -0.15) is 0 Å². The predicted molar refractivity (Wildman–Crippen MR) is 65.4 cm³/mol. The van der Waals surface area contributed by atoms with Gasteiger partial charge < -0.3 is 10.2 Å². The average Bonchev–Trinajstić information content (AvgIpc) is 2.36. The molecule has 0 saturated carbocycles. The van der Waals surface area contributed by atoms with Crippen molar-refractivity contribution < 1.29 is 4.79 Å². The monoisotopic (exact) mass is 234 g/mol. The third-order valence-corrected chi connectivity index (χ3v) is 3.11. The SMILES string of the molecule is CNc1cnc(CN2CCCC(C)C2=O)cn1. The van der Waals surface area contributed by atoms with Crippen molar-refractivity contribution in [3.8, 4) is 0 Å². The van der Waals surface area contributed by atoms with Gasteiger partial charge in [-0.1, -0.05) is 6.92 Å². The standard InChI is InChI=1S/C12H18N4O/c1-9-4-3-5-16(12(9)17)8-10-6-15-11(13-2)7-14-10/h6-7,9H,3-5,8H2,1-2H3,(H,13,15). The maximum Gasteiger partial charge on any atom is 0.225 e. The van der Waals surface area contributed by atoms with Gasteiger partial charge in [0.05, 0.1) is 24.6 Å². The summed E-state index contributed by atoms with van der Waals surface area (Å²) >= 11 is 0. The molecule has 1 amide bonds. The van der Waals surface area contributed by atoms with Gasteiger partial charge in [-0.05, 0) is 12.8 Å². The van der Waals surface area contributed by atoms with Crippen LogP contribution < -0.4 is 5.32 Å². The average molecular weight is 234 g/mol. The van der Waals surface area contributed by atoms with Crippen molar-refractivity contribution in [3.63, 3.8) is 0 Å². The molecule has 5 nitrogen and oxygen atoms in total. The van der Waals surface area contributed by atoms with Gasteiger partial charge in [0.1, 0.15) is 5.82 Å². The summed E-state index contributed by atoms with van der Waals surface area (Å²) < 4.78 is 0. The summed E-state index contributed by atoms with van der Waals surface area (Å²) in [5.74, 6) is 1.12. The van der Waals surface area contributed by atoms with E-state index in [1.54, 1.807) is 19.4 Å². The fourth-order valence-corrected chi connectivity index (χ4v) is 2.05. The molecule has 5 heteroatoms. The molecule has 2 heterocycles. The second-order valence-corrected chi connectivity index (χ2v) is 4.45. The normalized spacial score (nSPS) is 20.5. The van der Waals surface area contributed by atoms with Gasteiger partial charge in [-0.25, -0.2) is 4.98 Å². The van der Waals surface area contributed by atoms with Crippen LogP contribution in [0.2, 0.25) is 0 Å². The molecule has 1 aromatic rings. The minimum absolute atomic E-state index is 0.147. The van der Waals surface area contributed by atoms with Gasteiger partial charge in [0.25, 0.3) is 0 Å². The molecule has 1 atom stereocenters. The Bertz CT molecular complexity index is 390. The lowest BCUT2D eigenvalue weighted by atomic mass is 9.99. The van der Waals surface area contributed by atoms with Crippen LogP contribution >= 0.6 is 0 Å². The van der Waals surface area contributed by atoms with Crippen LogP contribution in [0, 0.1) is 5.92 Å². The fraction of sp³-hybridized carbons (Fsp3) is 0.583. The zero-order valence-corrected chi connectivity index (χ0v) is 10.3. The second-order valence-electron chi connectivity index (χ2n) is 4.45. The first kappa shape index (κ1) is 11.8. The van der Waals surface area contributed by atoms with Crippen LogP contribution in [0.1, 0.15) is 25.5 Å². The Morgan fingerprint density at radius 3 is 2.94 bits per heavy atom. The Morgan fingerprint density at radius 2 is 2.29 bits per heavy atom. The predicted octanol–water partition coefficient (Wildman–Crippen LogP) is 1.28. The Labute approximate surface area is 101 Å². The third-order valence-electron chi connectivity index (χ3n) is 3.11. The lowest BCUT2D eigenvalue weighted by molar-refractivity contribution is -0.138. The van der Waals surface area contributed by atoms with E-state index in [1.165, 1.54) is 0 Å². The van der Waals surface area contributed by atoms with Gasteiger partial charge in [0, 0.05) is 19.5 Å². The van der Waals surface area contributed by atoms with Gasteiger partial charge >= 0.3 is 0 Å². The third kappa shape index (κ3) is 2.72. The number of nitrogens with zero attached hydrogens (tertiary/aromatic N) is 3. The highest BCUT2D eigenvalue weighted by Gasteiger charge is 2.25. The smallest absolute Gasteiger partial charge is 0.225 e. The van der Waals surface area contributed by atoms with Crippen molar-refractivity contribution in [3.05, 3.63) is 18.1 Å². The van der Waals surface area contributed by atoms with Crippen molar-refractivity contribution >= 4 is 11.7 Å². The van der Waals surface area contributed by atoms with Crippen LogP contribution in [0.3, 0.4) is 0 Å². The number of amides is 1. The number of aromatic nitrogens is 2. The highest BCUT2D eigenvalue weighted by molar-refractivity contribution is 5.79. The van der Waals surface area contributed by atoms with Crippen LogP contribution in [0.5, 0.6) is 0 Å². The summed E-state index contributed by atoms with van der Waals surface area (Å²) in [5.41, 5.74) is 0.839. The van der Waals surface area contributed by atoms with E-state index in [2.05, 4.69) is 15.3 Å². The number of carbonyl (C=O) groups excluding carboxylic acids is 1. The van der Waals surface area contributed by atoms with Gasteiger partial charge in [-0.15, -0.1) is 0 Å².